The van der Waals surface area contributed by atoms with Crippen molar-refractivity contribution in [1.82, 2.24) is 15.2 Å². The van der Waals surface area contributed by atoms with Gasteiger partial charge < -0.3 is 24.4 Å². The lowest BCUT2D eigenvalue weighted by molar-refractivity contribution is -0.125. The van der Waals surface area contributed by atoms with Crippen molar-refractivity contribution in [3.63, 3.8) is 0 Å². The zero-order valence-corrected chi connectivity index (χ0v) is 24.8. The van der Waals surface area contributed by atoms with Crippen molar-refractivity contribution < 1.29 is 23.8 Å². The first-order valence-corrected chi connectivity index (χ1v) is 14.5. The van der Waals surface area contributed by atoms with Crippen molar-refractivity contribution in [2.75, 3.05) is 33.4 Å². The van der Waals surface area contributed by atoms with Gasteiger partial charge in [-0.3, -0.25) is 9.59 Å². The maximum absolute atomic E-state index is 14.4. The number of fused-ring (bicyclic) bond motifs is 1. The third-order valence-electron chi connectivity index (χ3n) is 7.36. The maximum atomic E-state index is 14.4. The van der Waals surface area contributed by atoms with E-state index in [2.05, 4.69) is 28.5 Å². The average molecular weight is 580 g/mol. The van der Waals surface area contributed by atoms with Crippen LogP contribution in [0, 0.1) is 6.92 Å². The lowest BCUT2D eigenvalue weighted by atomic mass is 10.0. The number of carbonyl (C=O) groups excluding carboxylic acids is 2. The fourth-order valence-corrected chi connectivity index (χ4v) is 5.12. The Bertz CT molecular complexity index is 1600. The molecular weight excluding hydrogens is 542 g/mol. The summed E-state index contributed by atoms with van der Waals surface area (Å²) in [6.45, 7) is 5.98. The summed E-state index contributed by atoms with van der Waals surface area (Å²) < 4.78 is 17.3. The van der Waals surface area contributed by atoms with Crippen LogP contribution in [0.5, 0.6) is 11.6 Å². The first-order valence-electron chi connectivity index (χ1n) is 14.5. The molecule has 2 heterocycles. The van der Waals surface area contributed by atoms with E-state index in [1.807, 2.05) is 74.5 Å². The Labute approximate surface area is 252 Å². The molecule has 0 bridgehead atoms. The van der Waals surface area contributed by atoms with Gasteiger partial charge in [0.2, 0.25) is 11.8 Å². The first kappa shape index (κ1) is 29.8. The molecule has 0 radical (unpaired) electrons. The molecule has 8 heteroatoms. The maximum Gasteiger partial charge on any atom is 0.260 e. The van der Waals surface area contributed by atoms with Gasteiger partial charge in [0.15, 0.2) is 0 Å². The van der Waals surface area contributed by atoms with E-state index in [1.54, 1.807) is 11.0 Å². The van der Waals surface area contributed by atoms with Crippen LogP contribution >= 0.6 is 0 Å². The van der Waals surface area contributed by atoms with Crippen molar-refractivity contribution in [3.8, 4) is 11.6 Å². The molecule has 1 aliphatic rings. The highest BCUT2D eigenvalue weighted by molar-refractivity contribution is 6.02. The number of hydrogen-bond acceptors (Lipinski definition) is 6. The minimum atomic E-state index is -0.919. The van der Waals surface area contributed by atoms with Gasteiger partial charge in [0.05, 0.1) is 25.8 Å². The number of carbonyl (C=O) groups is 2. The van der Waals surface area contributed by atoms with Crippen LogP contribution in [0.15, 0.2) is 90.5 Å². The van der Waals surface area contributed by atoms with Crippen LogP contribution in [0.25, 0.3) is 10.9 Å². The number of methoxy groups -OCH3 is 1. The highest BCUT2D eigenvalue weighted by atomic mass is 16.5. The van der Waals surface area contributed by atoms with Gasteiger partial charge in [0.25, 0.3) is 5.91 Å². The molecule has 0 saturated heterocycles. The molecule has 3 aromatic carbocycles. The van der Waals surface area contributed by atoms with Gasteiger partial charge in [-0.1, -0.05) is 66.2 Å². The molecule has 1 unspecified atom stereocenters. The van der Waals surface area contributed by atoms with Gasteiger partial charge >= 0.3 is 0 Å². The summed E-state index contributed by atoms with van der Waals surface area (Å²) in [5, 5.41) is 3.73. The standard InChI is InChI=1S/C35H37N3O5/c1-4-36-33(39)32(27-15-17-29(18-16-27)43-23-25-13-11-24(2)12-14-25)38(21-26-8-7-19-42-22-26)35(40)30-20-28-9-5-6-10-31(28)37-34(30)41-3/h5-6,8-18,20,32H,4,7,19,21-23H2,1-3H3,(H,36,39). The van der Waals surface area contributed by atoms with E-state index in [0.717, 1.165) is 22.9 Å². The van der Waals surface area contributed by atoms with Crippen molar-refractivity contribution in [1.29, 1.82) is 0 Å². The SMILES string of the molecule is CCNC(=O)C(c1ccc(OCc2ccc(C)cc2)cc1)N(CC1=CCCOC1)C(=O)c1cc2ccccc2nc1OC. The molecule has 43 heavy (non-hydrogen) atoms. The average Bonchev–Trinajstić information content (AvgIpc) is 3.04. The largest absolute Gasteiger partial charge is 0.489 e. The number of pyridine rings is 1. The van der Waals surface area contributed by atoms with Crippen LogP contribution in [-0.2, 0) is 16.1 Å². The summed E-state index contributed by atoms with van der Waals surface area (Å²) in [5.41, 5.74) is 4.84. The van der Waals surface area contributed by atoms with E-state index in [9.17, 15) is 9.59 Å². The number of ether oxygens (including phenoxy) is 3. The number of likely N-dealkylation sites (N-methyl/N-ethyl adjacent to an activating group) is 1. The lowest BCUT2D eigenvalue weighted by Crippen LogP contribution is -2.45. The number of nitrogens with one attached hydrogen (secondary N) is 1. The molecular formula is C35H37N3O5. The number of nitrogens with zero attached hydrogens (tertiary/aromatic N) is 2. The predicted molar refractivity (Wildman–Crippen MR) is 166 cm³/mol. The van der Waals surface area contributed by atoms with Crippen LogP contribution in [0.3, 0.4) is 0 Å². The van der Waals surface area contributed by atoms with Crippen LogP contribution < -0.4 is 14.8 Å². The van der Waals surface area contributed by atoms with Crippen molar-refractivity contribution >= 4 is 22.7 Å². The van der Waals surface area contributed by atoms with E-state index in [-0.39, 0.29) is 29.8 Å². The van der Waals surface area contributed by atoms with Gasteiger partial charge in [-0.2, -0.15) is 0 Å². The Balaban J connectivity index is 1.50. The normalized spacial score (nSPS) is 13.6. The zero-order chi connectivity index (χ0) is 30.2. The molecule has 4 aromatic rings. The van der Waals surface area contributed by atoms with Crippen LogP contribution in [0.4, 0.5) is 0 Å². The Morgan fingerprint density at radius 1 is 1.05 bits per heavy atom. The Kier molecular flexibility index (Phi) is 9.69. The molecule has 0 fully saturated rings. The number of hydrogen-bond donors (Lipinski definition) is 1. The van der Waals surface area contributed by atoms with Crippen LogP contribution in [-0.4, -0.2) is 55.1 Å². The fourth-order valence-electron chi connectivity index (χ4n) is 5.12. The second-order valence-corrected chi connectivity index (χ2v) is 10.5. The number of rotatable bonds is 11. The molecule has 1 atom stereocenters. The van der Waals surface area contributed by atoms with Crippen LogP contribution in [0.2, 0.25) is 0 Å². The van der Waals surface area contributed by atoms with Gasteiger partial charge in [-0.05, 0) is 61.2 Å². The van der Waals surface area contributed by atoms with E-state index in [0.29, 0.717) is 43.2 Å². The number of benzene rings is 3. The molecule has 1 N–H and O–H groups in total. The van der Waals surface area contributed by atoms with Gasteiger partial charge in [0, 0.05) is 18.5 Å². The number of para-hydroxylation sites is 1. The third kappa shape index (κ3) is 7.21. The molecule has 8 nitrogen and oxygen atoms in total. The molecule has 5 rings (SSSR count). The van der Waals surface area contributed by atoms with Gasteiger partial charge in [0.1, 0.15) is 24.0 Å². The summed E-state index contributed by atoms with van der Waals surface area (Å²) in [5.74, 6) is 0.226. The summed E-state index contributed by atoms with van der Waals surface area (Å²) in [4.78, 5) is 34.3. The van der Waals surface area contributed by atoms with E-state index >= 15 is 0 Å². The van der Waals surface area contributed by atoms with Crippen molar-refractivity contribution in [3.05, 3.63) is 113 Å². The van der Waals surface area contributed by atoms with E-state index in [1.165, 1.54) is 12.7 Å². The van der Waals surface area contributed by atoms with Crippen molar-refractivity contribution in [2.45, 2.75) is 32.9 Å². The number of aromatic nitrogens is 1. The highest BCUT2D eigenvalue weighted by Gasteiger charge is 2.34. The topological polar surface area (TPSA) is 90.0 Å². The smallest absolute Gasteiger partial charge is 0.260 e. The second kappa shape index (κ2) is 14.0. The lowest BCUT2D eigenvalue weighted by Gasteiger charge is -2.33. The molecule has 0 aliphatic carbocycles. The summed E-state index contributed by atoms with van der Waals surface area (Å²) in [6.07, 6.45) is 2.83. The number of amides is 2. The van der Waals surface area contributed by atoms with E-state index < -0.39 is 6.04 Å². The molecule has 1 aromatic heterocycles. The van der Waals surface area contributed by atoms with E-state index in [4.69, 9.17) is 14.2 Å². The Morgan fingerprint density at radius 2 is 1.81 bits per heavy atom. The fraction of sp³-hybridized carbons (Fsp3) is 0.286. The molecule has 2 amide bonds. The van der Waals surface area contributed by atoms with Crippen LogP contribution in [0.1, 0.15) is 46.4 Å². The minimum Gasteiger partial charge on any atom is -0.489 e. The summed E-state index contributed by atoms with van der Waals surface area (Å²) >= 11 is 0. The number of aryl methyl sites for hydroxylation is 1. The predicted octanol–water partition coefficient (Wildman–Crippen LogP) is 5.80. The second-order valence-electron chi connectivity index (χ2n) is 10.5. The molecule has 222 valence electrons. The monoisotopic (exact) mass is 579 g/mol. The molecule has 1 aliphatic heterocycles. The molecule has 0 spiro atoms. The zero-order valence-electron chi connectivity index (χ0n) is 24.8. The summed E-state index contributed by atoms with van der Waals surface area (Å²) in [7, 11) is 1.49. The minimum absolute atomic E-state index is 0.206. The summed E-state index contributed by atoms with van der Waals surface area (Å²) in [6, 6.07) is 23.9. The van der Waals surface area contributed by atoms with Gasteiger partial charge in [-0.25, -0.2) is 4.98 Å². The third-order valence-corrected chi connectivity index (χ3v) is 7.36. The van der Waals surface area contributed by atoms with Crippen molar-refractivity contribution in [2.24, 2.45) is 0 Å². The molecule has 0 saturated carbocycles. The Hall–Kier alpha value is -4.69. The Morgan fingerprint density at radius 3 is 2.51 bits per heavy atom. The first-order chi connectivity index (χ1) is 21.0. The van der Waals surface area contributed by atoms with Gasteiger partial charge in [-0.15, -0.1) is 0 Å². The highest BCUT2D eigenvalue weighted by Crippen LogP contribution is 2.31. The quantitative estimate of drug-likeness (QED) is 0.226.